The van der Waals surface area contributed by atoms with Gasteiger partial charge in [0.15, 0.2) is 0 Å². The van der Waals surface area contributed by atoms with E-state index in [-0.39, 0.29) is 17.4 Å². The van der Waals surface area contributed by atoms with Crippen LogP contribution in [0, 0.1) is 17.0 Å². The lowest BCUT2D eigenvalue weighted by Gasteiger charge is -2.10. The van der Waals surface area contributed by atoms with E-state index >= 15 is 0 Å². The van der Waals surface area contributed by atoms with Crippen LogP contribution >= 0.6 is 0 Å². The first-order chi connectivity index (χ1) is 13.1. The zero-order valence-electron chi connectivity index (χ0n) is 14.9. The number of benzene rings is 2. The highest BCUT2D eigenvalue weighted by atomic mass is 16.6. The maximum atomic E-state index is 11.6. The molecular weight excluding hydrogens is 348 g/mol. The molecule has 3 rings (SSSR count). The molecule has 2 aromatic carbocycles. The lowest BCUT2D eigenvalue weighted by molar-refractivity contribution is -0.385. The van der Waals surface area contributed by atoms with Crippen molar-refractivity contribution in [3.63, 3.8) is 0 Å². The second-order valence-corrected chi connectivity index (χ2v) is 5.63. The number of nitrogens with zero attached hydrogens (tertiary/aromatic N) is 3. The molecule has 3 aromatic rings. The van der Waals surface area contributed by atoms with Crippen molar-refractivity contribution >= 4 is 17.2 Å². The van der Waals surface area contributed by atoms with Crippen LogP contribution in [0.2, 0.25) is 0 Å². The minimum atomic E-state index is -0.569. The lowest BCUT2D eigenvalue weighted by atomic mass is 10.2. The van der Waals surface area contributed by atoms with Gasteiger partial charge in [-0.25, -0.2) is 4.98 Å². The molecule has 0 fully saturated rings. The molecule has 0 aliphatic rings. The van der Waals surface area contributed by atoms with Crippen LogP contribution in [0.5, 0.6) is 17.4 Å². The minimum Gasteiger partial charge on any atom is -0.494 e. The van der Waals surface area contributed by atoms with Crippen molar-refractivity contribution in [1.29, 1.82) is 0 Å². The second kappa shape index (κ2) is 8.13. The van der Waals surface area contributed by atoms with Gasteiger partial charge in [0.1, 0.15) is 17.8 Å². The Labute approximate surface area is 156 Å². The third-order valence-corrected chi connectivity index (χ3v) is 3.63. The molecule has 0 amide bonds. The van der Waals surface area contributed by atoms with Gasteiger partial charge < -0.3 is 14.8 Å². The predicted molar refractivity (Wildman–Crippen MR) is 101 cm³/mol. The average molecular weight is 366 g/mol. The van der Waals surface area contributed by atoms with Gasteiger partial charge in [0, 0.05) is 5.69 Å². The maximum Gasteiger partial charge on any atom is 0.373 e. The van der Waals surface area contributed by atoms with E-state index in [0.717, 1.165) is 5.56 Å². The molecule has 0 radical (unpaired) electrons. The van der Waals surface area contributed by atoms with Crippen molar-refractivity contribution in [2.24, 2.45) is 0 Å². The molecule has 1 N–H and O–H groups in total. The van der Waals surface area contributed by atoms with Crippen LogP contribution in [0.1, 0.15) is 12.5 Å². The summed E-state index contributed by atoms with van der Waals surface area (Å²) in [5.41, 5.74) is 1.34. The van der Waals surface area contributed by atoms with Crippen LogP contribution in [0.3, 0.4) is 0 Å². The lowest BCUT2D eigenvalue weighted by Crippen LogP contribution is -2.03. The van der Waals surface area contributed by atoms with Crippen LogP contribution in [-0.2, 0) is 0 Å². The minimum absolute atomic E-state index is 0.0428. The fraction of sp³-hybridized carbons (Fsp3) is 0.158. The molecule has 0 saturated heterocycles. The summed E-state index contributed by atoms with van der Waals surface area (Å²) in [4.78, 5) is 19.0. The second-order valence-electron chi connectivity index (χ2n) is 5.63. The van der Waals surface area contributed by atoms with Gasteiger partial charge in [-0.1, -0.05) is 17.7 Å². The number of aromatic nitrogens is 2. The van der Waals surface area contributed by atoms with E-state index in [4.69, 9.17) is 9.47 Å². The highest BCUT2D eigenvalue weighted by Crippen LogP contribution is 2.35. The van der Waals surface area contributed by atoms with Crippen molar-refractivity contribution in [2.45, 2.75) is 13.8 Å². The molecule has 8 heteroatoms. The zero-order chi connectivity index (χ0) is 19.2. The summed E-state index contributed by atoms with van der Waals surface area (Å²) in [5, 5.41) is 14.5. The predicted octanol–water partition coefficient (Wildman–Crippen LogP) is 4.63. The molecule has 1 heterocycles. The zero-order valence-corrected chi connectivity index (χ0v) is 14.9. The van der Waals surface area contributed by atoms with Crippen LogP contribution in [0.15, 0.2) is 54.9 Å². The third-order valence-electron chi connectivity index (χ3n) is 3.63. The average Bonchev–Trinajstić information content (AvgIpc) is 2.65. The van der Waals surface area contributed by atoms with Gasteiger partial charge in [0.2, 0.25) is 5.82 Å². The van der Waals surface area contributed by atoms with Gasteiger partial charge in [-0.05, 0) is 50.2 Å². The molecule has 0 unspecified atom stereocenters. The Morgan fingerprint density at radius 3 is 2.33 bits per heavy atom. The van der Waals surface area contributed by atoms with Crippen molar-refractivity contribution in [3.8, 4) is 17.4 Å². The molecule has 8 nitrogen and oxygen atoms in total. The van der Waals surface area contributed by atoms with E-state index in [1.54, 1.807) is 36.4 Å². The molecule has 0 aliphatic carbocycles. The van der Waals surface area contributed by atoms with Gasteiger partial charge >= 0.3 is 11.6 Å². The summed E-state index contributed by atoms with van der Waals surface area (Å²) in [7, 11) is 0. The summed E-state index contributed by atoms with van der Waals surface area (Å²) < 4.78 is 11.0. The first-order valence-corrected chi connectivity index (χ1v) is 8.30. The highest BCUT2D eigenvalue weighted by molar-refractivity contribution is 5.69. The number of hydrogen-bond acceptors (Lipinski definition) is 7. The van der Waals surface area contributed by atoms with Crippen molar-refractivity contribution in [1.82, 2.24) is 9.97 Å². The molecule has 1 aromatic heterocycles. The summed E-state index contributed by atoms with van der Waals surface area (Å²) in [6.07, 6.45) is 1.22. The van der Waals surface area contributed by atoms with Gasteiger partial charge in [-0.2, -0.15) is 4.98 Å². The fourth-order valence-corrected chi connectivity index (χ4v) is 2.35. The van der Waals surface area contributed by atoms with Crippen LogP contribution < -0.4 is 14.8 Å². The molecule has 0 atom stereocenters. The Bertz CT molecular complexity index is 927. The first-order valence-electron chi connectivity index (χ1n) is 8.30. The molecule has 0 bridgehead atoms. The third kappa shape index (κ3) is 4.49. The number of anilines is 2. The number of aryl methyl sites for hydroxylation is 1. The van der Waals surface area contributed by atoms with Crippen molar-refractivity contribution in [2.75, 3.05) is 11.9 Å². The fourth-order valence-electron chi connectivity index (χ4n) is 2.35. The largest absolute Gasteiger partial charge is 0.494 e. The Morgan fingerprint density at radius 1 is 1.04 bits per heavy atom. The Hall–Kier alpha value is -3.68. The molecule has 0 saturated carbocycles. The molecule has 0 spiro atoms. The Balaban J connectivity index is 1.88. The van der Waals surface area contributed by atoms with Crippen molar-refractivity contribution < 1.29 is 14.4 Å². The molecule has 138 valence electrons. The van der Waals surface area contributed by atoms with E-state index in [9.17, 15) is 10.1 Å². The summed E-state index contributed by atoms with van der Waals surface area (Å²) in [6.45, 7) is 4.39. The molecule has 0 aliphatic heterocycles. The number of ether oxygens (including phenoxy) is 2. The van der Waals surface area contributed by atoms with Gasteiger partial charge in [0.05, 0.1) is 11.5 Å². The van der Waals surface area contributed by atoms with E-state index in [1.165, 1.54) is 6.33 Å². The summed E-state index contributed by atoms with van der Waals surface area (Å²) in [5.74, 6) is 1.08. The van der Waals surface area contributed by atoms with Crippen LogP contribution in [0.25, 0.3) is 0 Å². The summed E-state index contributed by atoms with van der Waals surface area (Å²) in [6, 6.07) is 14.2. The standard InChI is InChI=1S/C19H18N4O4/c1-3-26-15-10-6-14(7-11-15)22-18-17(23(24)25)19(21-12-20-18)27-16-8-4-13(2)5-9-16/h4-12H,3H2,1-2H3,(H,20,21,22). The molecule has 27 heavy (non-hydrogen) atoms. The van der Waals surface area contributed by atoms with E-state index < -0.39 is 4.92 Å². The smallest absolute Gasteiger partial charge is 0.373 e. The van der Waals surface area contributed by atoms with E-state index in [0.29, 0.717) is 23.8 Å². The number of rotatable bonds is 7. The maximum absolute atomic E-state index is 11.6. The Morgan fingerprint density at radius 2 is 1.70 bits per heavy atom. The Kier molecular flexibility index (Phi) is 5.46. The van der Waals surface area contributed by atoms with E-state index in [2.05, 4.69) is 15.3 Å². The summed E-state index contributed by atoms with van der Waals surface area (Å²) >= 11 is 0. The number of nitro groups is 1. The van der Waals surface area contributed by atoms with Gasteiger partial charge in [-0.3, -0.25) is 10.1 Å². The van der Waals surface area contributed by atoms with Gasteiger partial charge in [-0.15, -0.1) is 0 Å². The van der Waals surface area contributed by atoms with Crippen molar-refractivity contribution in [3.05, 3.63) is 70.5 Å². The molecular formula is C19H18N4O4. The topological polar surface area (TPSA) is 99.4 Å². The van der Waals surface area contributed by atoms with Gasteiger partial charge in [0.25, 0.3) is 0 Å². The SMILES string of the molecule is CCOc1ccc(Nc2ncnc(Oc3ccc(C)cc3)c2[N+](=O)[O-])cc1. The normalized spacial score (nSPS) is 10.3. The van der Waals surface area contributed by atoms with E-state index in [1.807, 2.05) is 26.0 Å². The monoisotopic (exact) mass is 366 g/mol. The number of hydrogen-bond donors (Lipinski definition) is 1. The quantitative estimate of drug-likeness (QED) is 0.481. The number of nitrogens with one attached hydrogen (secondary N) is 1. The van der Waals surface area contributed by atoms with Crippen LogP contribution in [0.4, 0.5) is 17.2 Å². The van der Waals surface area contributed by atoms with Crippen LogP contribution in [-0.4, -0.2) is 21.5 Å². The highest BCUT2D eigenvalue weighted by Gasteiger charge is 2.25. The first kappa shape index (κ1) is 18.1.